The molecule has 3 saturated heterocycles. The Morgan fingerprint density at radius 1 is 1.24 bits per heavy atom. The molecule has 0 radical (unpaired) electrons. The van der Waals surface area contributed by atoms with E-state index < -0.39 is 109 Å². The molecule has 0 spiro atoms. The smallest absolute Gasteiger partial charge is 0.450 e. The molecule has 0 saturated carbocycles. The van der Waals surface area contributed by atoms with Gasteiger partial charge in [0.05, 0.1) is 32.1 Å². The van der Waals surface area contributed by atoms with E-state index >= 15 is 0 Å². The molecular formula is C20H25FN4O13. The van der Waals surface area contributed by atoms with Gasteiger partial charge in [-0.15, -0.1) is 0 Å². The molecule has 0 aliphatic carbocycles. The van der Waals surface area contributed by atoms with Gasteiger partial charge in [0.2, 0.25) is 11.4 Å². The Hall–Kier alpha value is -3.42. The lowest BCUT2D eigenvalue weighted by Crippen LogP contribution is -2.67. The predicted octanol–water partition coefficient (Wildman–Crippen LogP) is -3.69. The van der Waals surface area contributed by atoms with Crippen molar-refractivity contribution in [2.45, 2.75) is 61.2 Å². The third kappa shape index (κ3) is 4.14. The molecule has 17 nitrogen and oxygen atoms in total. The average molecular weight is 548 g/mol. The average Bonchev–Trinajstić information content (AvgIpc) is 3.36. The van der Waals surface area contributed by atoms with Gasteiger partial charge in [0.25, 0.3) is 11.5 Å². The maximum Gasteiger partial charge on any atom is 0.506 e. The first kappa shape index (κ1) is 27.6. The topological polar surface area (TPSA) is 250 Å². The number of rotatable bonds is 6. The molecule has 1 aromatic rings. The highest BCUT2D eigenvalue weighted by atomic mass is 19.1. The third-order valence-electron chi connectivity index (χ3n) is 7.01. The Labute approximate surface area is 210 Å². The largest absolute Gasteiger partial charge is 0.506 e. The van der Waals surface area contributed by atoms with E-state index in [0.29, 0.717) is 10.8 Å². The Bertz CT molecular complexity index is 1270. The van der Waals surface area contributed by atoms with Crippen LogP contribution in [0.25, 0.3) is 0 Å². The molecule has 4 rings (SSSR count). The number of carboxylic acid groups (broad SMARTS) is 1. The van der Waals surface area contributed by atoms with Gasteiger partial charge in [-0.1, -0.05) is 0 Å². The van der Waals surface area contributed by atoms with Gasteiger partial charge in [0, 0.05) is 12.8 Å². The van der Waals surface area contributed by atoms with E-state index in [-0.39, 0.29) is 0 Å². The maximum absolute atomic E-state index is 14.3. The van der Waals surface area contributed by atoms with Gasteiger partial charge in [0.15, 0.2) is 5.72 Å². The Morgan fingerprint density at radius 3 is 2.50 bits per heavy atom. The highest BCUT2D eigenvalue weighted by Gasteiger charge is 2.68. The fourth-order valence-corrected chi connectivity index (χ4v) is 5.12. The highest BCUT2D eigenvalue weighted by molar-refractivity contribution is 6.02. The number of amides is 3. The Morgan fingerprint density at radius 2 is 1.92 bits per heavy atom. The van der Waals surface area contributed by atoms with Crippen molar-refractivity contribution in [3.63, 3.8) is 0 Å². The van der Waals surface area contributed by atoms with E-state index in [9.17, 15) is 48.8 Å². The number of halogens is 1. The lowest BCUT2D eigenvalue weighted by molar-refractivity contribution is -0.250. The third-order valence-corrected chi connectivity index (χ3v) is 7.01. The first-order chi connectivity index (χ1) is 17.7. The van der Waals surface area contributed by atoms with Crippen molar-refractivity contribution < 1.29 is 58.5 Å². The minimum Gasteiger partial charge on any atom is -0.450 e. The maximum atomic E-state index is 14.3. The van der Waals surface area contributed by atoms with Crippen LogP contribution in [0, 0.1) is 5.82 Å². The number of aromatic amines is 1. The number of nitrogens with one attached hydrogen (secondary N) is 2. The summed E-state index contributed by atoms with van der Waals surface area (Å²) in [6.07, 6.45) is -8.95. The molecular weight excluding hydrogens is 523 g/mol. The number of imide groups is 1. The lowest BCUT2D eigenvalue weighted by Gasteiger charge is -2.44. The van der Waals surface area contributed by atoms with Gasteiger partial charge >= 0.3 is 17.9 Å². The first-order valence-electron chi connectivity index (χ1n) is 11.2. The summed E-state index contributed by atoms with van der Waals surface area (Å²) in [5.41, 5.74) is -9.79. The van der Waals surface area contributed by atoms with Crippen LogP contribution in [-0.4, -0.2) is 114 Å². The zero-order chi connectivity index (χ0) is 28.2. The van der Waals surface area contributed by atoms with Crippen molar-refractivity contribution in [3.8, 4) is 0 Å². The number of urea groups is 1. The summed E-state index contributed by atoms with van der Waals surface area (Å²) in [5, 5.41) is 53.1. The zero-order valence-corrected chi connectivity index (χ0v) is 19.7. The number of hydrogen-bond acceptors (Lipinski definition) is 12. The number of aromatic nitrogens is 2. The molecule has 7 N–H and O–H groups in total. The van der Waals surface area contributed by atoms with E-state index in [1.54, 1.807) is 4.98 Å². The van der Waals surface area contributed by atoms with Crippen LogP contribution >= 0.6 is 0 Å². The van der Waals surface area contributed by atoms with Crippen LogP contribution in [-0.2, 0) is 24.7 Å². The molecule has 0 bridgehead atoms. The van der Waals surface area contributed by atoms with Gasteiger partial charge in [-0.25, -0.2) is 14.4 Å². The molecule has 1 aromatic heterocycles. The van der Waals surface area contributed by atoms with E-state index in [2.05, 4.69) is 4.74 Å². The quantitative estimate of drug-likeness (QED) is 0.169. The van der Waals surface area contributed by atoms with Gasteiger partial charge in [-0.2, -0.15) is 4.39 Å². The number of carbonyl (C=O) groups is 3. The molecule has 3 aliphatic rings. The van der Waals surface area contributed by atoms with Crippen molar-refractivity contribution in [2.24, 2.45) is 0 Å². The minimum atomic E-state index is -2.56. The second-order valence-electron chi connectivity index (χ2n) is 9.38. The molecule has 3 amide bonds. The summed E-state index contributed by atoms with van der Waals surface area (Å²) in [7, 11) is 0. The first-order valence-corrected chi connectivity index (χ1v) is 11.2. The number of aliphatic hydroxyl groups excluding tert-OH is 3. The minimum absolute atomic E-state index is 0.414. The number of ether oxygens (including phenoxy) is 3. The van der Waals surface area contributed by atoms with E-state index in [1.807, 2.05) is 5.32 Å². The van der Waals surface area contributed by atoms with Crippen molar-refractivity contribution >= 4 is 18.1 Å². The molecule has 3 aliphatic heterocycles. The SMILES string of the molecule is CC1(OC(=O)O)CN([C@H]2C[C@@](O)([C@]3(n4cc(F)c(=O)[nH]c4=O)C[C@H](O)[C@@H](CO)O3)[C@@H](CO)O2)C(=O)NC1=O. The standard InChI is InChI=1S/C20H25FN4O13/c1-18(38-17(33)34)7-24(15(31)23-14(18)30)12-3-19(35,11(6-27)36-12)20(2-9(28)10(5-26)37-20)25-4-8(21)13(29)22-16(25)32/h4,9-12,26-28,35H,2-3,5-7H2,1H3,(H,33,34)(H,22,29,32)(H,23,30,31)/t9-,10+,11+,12+,18?,19-,20-/m0/s1. The van der Waals surface area contributed by atoms with Gasteiger partial charge in [-0.05, 0) is 6.92 Å². The van der Waals surface area contributed by atoms with Gasteiger partial charge in [0.1, 0.15) is 24.0 Å². The Balaban J connectivity index is 1.80. The van der Waals surface area contributed by atoms with Crippen LogP contribution in [0.5, 0.6) is 0 Å². The Kier molecular flexibility index (Phi) is 6.83. The molecule has 4 heterocycles. The van der Waals surface area contributed by atoms with E-state index in [1.165, 1.54) is 0 Å². The van der Waals surface area contributed by atoms with Crippen LogP contribution in [0.3, 0.4) is 0 Å². The number of aliphatic hydroxyl groups is 4. The number of nitrogens with zero attached hydrogens (tertiary/aromatic N) is 2. The van der Waals surface area contributed by atoms with Crippen LogP contribution in [0.2, 0.25) is 0 Å². The monoisotopic (exact) mass is 548 g/mol. The molecule has 7 atom stereocenters. The summed E-state index contributed by atoms with van der Waals surface area (Å²) >= 11 is 0. The number of carbonyl (C=O) groups excluding carboxylic acids is 2. The van der Waals surface area contributed by atoms with Crippen molar-refractivity contribution in [1.29, 1.82) is 0 Å². The van der Waals surface area contributed by atoms with Crippen LogP contribution in [0.15, 0.2) is 15.8 Å². The zero-order valence-electron chi connectivity index (χ0n) is 19.7. The van der Waals surface area contributed by atoms with Gasteiger partial charge < -0.3 is 39.7 Å². The summed E-state index contributed by atoms with van der Waals surface area (Å²) in [4.78, 5) is 62.9. The van der Waals surface area contributed by atoms with Crippen LogP contribution in [0.1, 0.15) is 19.8 Å². The van der Waals surface area contributed by atoms with Crippen LogP contribution < -0.4 is 16.6 Å². The number of H-pyrrole nitrogens is 1. The van der Waals surface area contributed by atoms with Crippen LogP contribution in [0.4, 0.5) is 14.0 Å². The van der Waals surface area contributed by atoms with Gasteiger partial charge in [-0.3, -0.25) is 29.4 Å². The molecule has 0 aromatic carbocycles. The summed E-state index contributed by atoms with van der Waals surface area (Å²) < 4.78 is 30.8. The highest BCUT2D eigenvalue weighted by Crippen LogP contribution is 2.51. The summed E-state index contributed by atoms with van der Waals surface area (Å²) in [5.74, 6) is -2.54. The normalized spacial score (nSPS) is 37.4. The fraction of sp³-hybridized carbons (Fsp3) is 0.650. The molecule has 3 fully saturated rings. The molecule has 38 heavy (non-hydrogen) atoms. The van der Waals surface area contributed by atoms with Crippen molar-refractivity contribution in [3.05, 3.63) is 32.9 Å². The second kappa shape index (κ2) is 9.40. The van der Waals surface area contributed by atoms with E-state index in [0.717, 1.165) is 11.8 Å². The molecule has 210 valence electrons. The predicted molar refractivity (Wildman–Crippen MR) is 115 cm³/mol. The number of hydrogen-bond donors (Lipinski definition) is 7. The summed E-state index contributed by atoms with van der Waals surface area (Å²) in [6.45, 7) is -1.40. The second-order valence-corrected chi connectivity index (χ2v) is 9.38. The molecule has 18 heteroatoms. The molecule has 1 unspecified atom stereocenters. The van der Waals surface area contributed by atoms with E-state index in [4.69, 9.17) is 14.6 Å². The van der Waals surface area contributed by atoms with Crippen molar-refractivity contribution in [1.82, 2.24) is 19.8 Å². The fourth-order valence-electron chi connectivity index (χ4n) is 5.12. The lowest BCUT2D eigenvalue weighted by atomic mass is 9.80. The van der Waals surface area contributed by atoms with Crippen molar-refractivity contribution in [2.75, 3.05) is 19.8 Å². The summed E-state index contributed by atoms with van der Waals surface area (Å²) in [6, 6.07) is -1.07.